The highest BCUT2D eigenvalue weighted by molar-refractivity contribution is 7.13. The Morgan fingerprint density at radius 2 is 1.91 bits per heavy atom. The second-order valence-corrected chi connectivity index (χ2v) is 10.6. The topological polar surface area (TPSA) is 82.6 Å². The number of nitrogens with one attached hydrogen (secondary N) is 1. The zero-order valence-corrected chi connectivity index (χ0v) is 21.2. The van der Waals surface area contributed by atoms with Gasteiger partial charge in [-0.15, -0.1) is 11.3 Å². The van der Waals surface area contributed by atoms with Crippen LogP contribution in [-0.4, -0.2) is 58.2 Å². The highest BCUT2D eigenvalue weighted by atomic mass is 32.1. The normalized spacial score (nSPS) is 17.0. The Bertz CT molecular complexity index is 1010. The van der Waals surface area contributed by atoms with Crippen molar-refractivity contribution in [2.24, 2.45) is 5.41 Å². The number of carbonyl (C=O) groups excluding carboxylic acids is 3. The Hall–Kier alpha value is -2.74. The van der Waals surface area contributed by atoms with Gasteiger partial charge < -0.3 is 15.1 Å². The van der Waals surface area contributed by atoms with Crippen LogP contribution in [0.2, 0.25) is 0 Å². The summed E-state index contributed by atoms with van der Waals surface area (Å²) in [6.07, 6.45) is 1.40. The Morgan fingerprint density at radius 1 is 1.24 bits per heavy atom. The number of hydrogen-bond donors (Lipinski definition) is 1. The molecule has 178 valence electrons. The van der Waals surface area contributed by atoms with Gasteiger partial charge >= 0.3 is 0 Å². The molecule has 0 spiro atoms. The summed E-state index contributed by atoms with van der Waals surface area (Å²) >= 11 is 1.61. The van der Waals surface area contributed by atoms with E-state index in [2.05, 4.69) is 10.3 Å². The highest BCUT2D eigenvalue weighted by Crippen LogP contribution is 2.29. The van der Waals surface area contributed by atoms with Gasteiger partial charge in [0.1, 0.15) is 12.1 Å². The average Bonchev–Trinajstić information content (AvgIpc) is 3.40. The number of aromatic nitrogens is 1. The molecule has 2 unspecified atom stereocenters. The summed E-state index contributed by atoms with van der Waals surface area (Å²) in [5.74, 6) is -0.482. The first kappa shape index (κ1) is 24.9. The molecule has 0 radical (unpaired) electrons. The second-order valence-electron chi connectivity index (χ2n) is 9.77. The Kier molecular flexibility index (Phi) is 7.57. The van der Waals surface area contributed by atoms with Crippen LogP contribution in [0, 0.1) is 12.3 Å². The first-order valence-corrected chi connectivity index (χ1v) is 12.2. The second kappa shape index (κ2) is 10.0. The number of benzene rings is 1. The maximum absolute atomic E-state index is 13.5. The molecule has 1 fully saturated rings. The summed E-state index contributed by atoms with van der Waals surface area (Å²) in [4.78, 5) is 47.1. The van der Waals surface area contributed by atoms with E-state index in [-0.39, 0.29) is 17.7 Å². The number of likely N-dealkylation sites (N-methyl/N-ethyl adjacent to an activating group) is 1. The maximum Gasteiger partial charge on any atom is 0.246 e. The van der Waals surface area contributed by atoms with Crippen LogP contribution in [0.1, 0.15) is 51.8 Å². The number of carbonyl (C=O) groups is 3. The SMILES string of the molecule is CC(=O)N(C)C(C(=O)N1CCCC1C(=O)NCc1ccc(-c2scnc2C)cc1)C(C)(C)C. The third kappa shape index (κ3) is 5.61. The van der Waals surface area contributed by atoms with E-state index in [9.17, 15) is 14.4 Å². The van der Waals surface area contributed by atoms with Gasteiger partial charge in [0.2, 0.25) is 17.7 Å². The largest absolute Gasteiger partial charge is 0.350 e. The molecule has 3 rings (SSSR count). The van der Waals surface area contributed by atoms with E-state index in [1.807, 2.05) is 57.5 Å². The summed E-state index contributed by atoms with van der Waals surface area (Å²) < 4.78 is 0. The van der Waals surface area contributed by atoms with Gasteiger partial charge in [-0.25, -0.2) is 4.98 Å². The molecule has 1 N–H and O–H groups in total. The van der Waals surface area contributed by atoms with Gasteiger partial charge in [0.05, 0.1) is 16.1 Å². The smallest absolute Gasteiger partial charge is 0.246 e. The predicted octanol–water partition coefficient (Wildman–Crippen LogP) is 3.62. The lowest BCUT2D eigenvalue weighted by atomic mass is 9.84. The van der Waals surface area contributed by atoms with Crippen molar-refractivity contribution in [3.8, 4) is 10.4 Å². The van der Waals surface area contributed by atoms with Crippen molar-refractivity contribution in [3.05, 3.63) is 41.0 Å². The van der Waals surface area contributed by atoms with Crippen LogP contribution in [0.3, 0.4) is 0 Å². The van der Waals surface area contributed by atoms with E-state index in [0.717, 1.165) is 28.1 Å². The molecule has 8 heteroatoms. The standard InChI is InChI=1S/C25H34N4O3S/c1-16-21(33-15-27-16)19-11-9-18(10-12-19)14-26-23(31)20-8-7-13-29(20)24(32)22(25(3,4)5)28(6)17(2)30/h9-12,15,20,22H,7-8,13-14H2,1-6H3,(H,26,31). The number of likely N-dealkylation sites (tertiary alicyclic amines) is 1. The molecule has 2 heterocycles. The van der Waals surface area contributed by atoms with E-state index in [1.54, 1.807) is 23.3 Å². The predicted molar refractivity (Wildman–Crippen MR) is 131 cm³/mol. The zero-order chi connectivity index (χ0) is 24.3. The van der Waals surface area contributed by atoms with Crippen LogP contribution >= 0.6 is 11.3 Å². The zero-order valence-electron chi connectivity index (χ0n) is 20.3. The Balaban J connectivity index is 1.66. The van der Waals surface area contributed by atoms with Gasteiger partial charge in [-0.3, -0.25) is 14.4 Å². The molecule has 1 saturated heterocycles. The number of rotatable bonds is 6. The molecule has 0 bridgehead atoms. The van der Waals surface area contributed by atoms with Gasteiger partial charge in [0, 0.05) is 27.1 Å². The summed E-state index contributed by atoms with van der Waals surface area (Å²) in [6.45, 7) is 10.2. The van der Waals surface area contributed by atoms with E-state index in [1.165, 1.54) is 11.8 Å². The number of nitrogens with zero attached hydrogens (tertiary/aromatic N) is 3. The number of amides is 3. The third-order valence-electron chi connectivity index (χ3n) is 6.21. The molecule has 1 aliphatic rings. The molecule has 1 aromatic carbocycles. The minimum atomic E-state index is -0.619. The Morgan fingerprint density at radius 3 is 2.45 bits per heavy atom. The van der Waals surface area contributed by atoms with Crippen LogP contribution in [0.5, 0.6) is 0 Å². The molecule has 1 aliphatic heterocycles. The number of hydrogen-bond acceptors (Lipinski definition) is 5. The molecule has 33 heavy (non-hydrogen) atoms. The lowest BCUT2D eigenvalue weighted by Crippen LogP contribution is -2.57. The molecular weight excluding hydrogens is 436 g/mol. The fourth-order valence-corrected chi connectivity index (χ4v) is 5.23. The van der Waals surface area contributed by atoms with Crippen LogP contribution in [0.25, 0.3) is 10.4 Å². The van der Waals surface area contributed by atoms with Crippen molar-refractivity contribution >= 4 is 29.1 Å². The van der Waals surface area contributed by atoms with Crippen molar-refractivity contribution in [1.29, 1.82) is 0 Å². The quantitative estimate of drug-likeness (QED) is 0.699. The van der Waals surface area contributed by atoms with E-state index < -0.39 is 17.5 Å². The molecule has 3 amide bonds. The van der Waals surface area contributed by atoms with Crippen molar-refractivity contribution < 1.29 is 14.4 Å². The van der Waals surface area contributed by atoms with Gasteiger partial charge in [-0.2, -0.15) is 0 Å². The van der Waals surface area contributed by atoms with Crippen molar-refractivity contribution in [2.45, 2.75) is 66.1 Å². The number of aryl methyl sites for hydroxylation is 1. The summed E-state index contributed by atoms with van der Waals surface area (Å²) in [7, 11) is 1.65. The van der Waals surface area contributed by atoms with E-state index in [4.69, 9.17) is 0 Å². The van der Waals surface area contributed by atoms with Crippen LogP contribution in [0.15, 0.2) is 29.8 Å². The van der Waals surface area contributed by atoms with Gasteiger partial charge in [-0.05, 0) is 36.3 Å². The van der Waals surface area contributed by atoms with Crippen molar-refractivity contribution in [3.63, 3.8) is 0 Å². The Labute approximate surface area is 200 Å². The first-order valence-electron chi connectivity index (χ1n) is 11.3. The summed E-state index contributed by atoms with van der Waals surface area (Å²) in [6, 6.07) is 6.96. The minimum Gasteiger partial charge on any atom is -0.350 e. The fraction of sp³-hybridized carbons (Fsp3) is 0.520. The van der Waals surface area contributed by atoms with Crippen molar-refractivity contribution in [2.75, 3.05) is 13.6 Å². The van der Waals surface area contributed by atoms with Crippen LogP contribution in [0.4, 0.5) is 0 Å². The third-order valence-corrected chi connectivity index (χ3v) is 7.18. The van der Waals surface area contributed by atoms with Gasteiger partial charge in [-0.1, -0.05) is 45.0 Å². The molecular formula is C25H34N4O3S. The molecule has 7 nitrogen and oxygen atoms in total. The lowest BCUT2D eigenvalue weighted by Gasteiger charge is -2.39. The van der Waals surface area contributed by atoms with Gasteiger partial charge in [0.15, 0.2) is 0 Å². The highest BCUT2D eigenvalue weighted by Gasteiger charge is 2.43. The summed E-state index contributed by atoms with van der Waals surface area (Å²) in [5.41, 5.74) is 4.51. The van der Waals surface area contributed by atoms with Crippen molar-refractivity contribution in [1.82, 2.24) is 20.1 Å². The molecule has 2 atom stereocenters. The first-order chi connectivity index (χ1) is 15.5. The molecule has 2 aromatic rings. The minimum absolute atomic E-state index is 0.152. The van der Waals surface area contributed by atoms with Gasteiger partial charge in [0.25, 0.3) is 0 Å². The average molecular weight is 471 g/mol. The molecule has 1 aromatic heterocycles. The van der Waals surface area contributed by atoms with Crippen LogP contribution < -0.4 is 5.32 Å². The summed E-state index contributed by atoms with van der Waals surface area (Å²) in [5, 5.41) is 3.00. The molecule has 0 saturated carbocycles. The van der Waals surface area contributed by atoms with E-state index >= 15 is 0 Å². The monoisotopic (exact) mass is 470 g/mol. The molecule has 0 aliphatic carbocycles. The lowest BCUT2D eigenvalue weighted by molar-refractivity contribution is -0.150. The fourth-order valence-electron chi connectivity index (χ4n) is 4.42. The number of thiazole rings is 1. The maximum atomic E-state index is 13.5. The van der Waals surface area contributed by atoms with E-state index in [0.29, 0.717) is 19.5 Å². The van der Waals surface area contributed by atoms with Crippen LogP contribution in [-0.2, 0) is 20.9 Å².